The minimum atomic E-state index is 0.345. The van der Waals surface area contributed by atoms with E-state index >= 15 is 0 Å². The van der Waals surface area contributed by atoms with E-state index in [9.17, 15) is 0 Å². The van der Waals surface area contributed by atoms with Gasteiger partial charge in [-0.1, -0.05) is 13.0 Å². The Kier molecular flexibility index (Phi) is 5.95. The quantitative estimate of drug-likeness (QED) is 0.826. The normalized spacial score (nSPS) is 18.4. The van der Waals surface area contributed by atoms with E-state index in [2.05, 4.69) is 41.3 Å². The van der Waals surface area contributed by atoms with Crippen LogP contribution in [0.5, 0.6) is 0 Å². The number of pyridine rings is 1. The average Bonchev–Trinajstić information content (AvgIpc) is 2.47. The summed E-state index contributed by atoms with van der Waals surface area (Å²) in [6.45, 7) is 8.08. The number of ether oxygens (including phenoxy) is 1. The number of aromatic nitrogens is 1. The Hall–Kier alpha value is -0.970. The van der Waals surface area contributed by atoms with Crippen LogP contribution in [0.15, 0.2) is 24.4 Å². The first-order chi connectivity index (χ1) is 9.74. The van der Waals surface area contributed by atoms with Crippen molar-refractivity contribution in [3.8, 4) is 0 Å². The maximum Gasteiger partial charge on any atom is 0.0543 e. The smallest absolute Gasteiger partial charge is 0.0543 e. The van der Waals surface area contributed by atoms with Gasteiger partial charge in [-0.25, -0.2) is 0 Å². The monoisotopic (exact) mass is 277 g/mol. The highest BCUT2D eigenvalue weighted by Crippen LogP contribution is 2.31. The number of hydrogen-bond acceptors (Lipinski definition) is 4. The molecule has 2 heterocycles. The summed E-state index contributed by atoms with van der Waals surface area (Å²) in [5.74, 6) is 0. The Labute approximate surface area is 122 Å². The highest BCUT2D eigenvalue weighted by atomic mass is 16.5. The van der Waals surface area contributed by atoms with Crippen molar-refractivity contribution in [3.63, 3.8) is 0 Å². The lowest BCUT2D eigenvalue weighted by Gasteiger charge is -2.40. The van der Waals surface area contributed by atoms with Crippen LogP contribution in [0.3, 0.4) is 0 Å². The first-order valence-corrected chi connectivity index (χ1v) is 7.61. The van der Waals surface area contributed by atoms with Gasteiger partial charge in [-0.05, 0) is 44.0 Å². The van der Waals surface area contributed by atoms with Crippen LogP contribution in [0.25, 0.3) is 0 Å². The molecule has 1 fully saturated rings. The molecule has 0 unspecified atom stereocenters. The molecule has 1 N–H and O–H groups in total. The lowest BCUT2D eigenvalue weighted by atomic mass is 9.79. The van der Waals surface area contributed by atoms with Crippen molar-refractivity contribution in [2.45, 2.75) is 26.3 Å². The Balaban J connectivity index is 1.92. The summed E-state index contributed by atoms with van der Waals surface area (Å²) in [6, 6.07) is 6.12. The average molecular weight is 277 g/mol. The summed E-state index contributed by atoms with van der Waals surface area (Å²) < 4.78 is 5.55. The standard InChI is InChI=1S/C16H27N3O/c1-3-17-13-16(7-10-20-11-8-16)14-19(2)12-15-6-4-5-9-18-15/h4-6,9,17H,3,7-8,10-14H2,1-2H3. The maximum atomic E-state index is 5.55. The third kappa shape index (κ3) is 4.54. The highest BCUT2D eigenvalue weighted by molar-refractivity contribution is 5.03. The van der Waals surface area contributed by atoms with Crippen molar-refractivity contribution < 1.29 is 4.74 Å². The minimum Gasteiger partial charge on any atom is -0.381 e. The van der Waals surface area contributed by atoms with Crippen LogP contribution >= 0.6 is 0 Å². The lowest BCUT2D eigenvalue weighted by Crippen LogP contribution is -2.46. The second-order valence-corrected chi connectivity index (χ2v) is 5.89. The van der Waals surface area contributed by atoms with E-state index in [-0.39, 0.29) is 0 Å². The van der Waals surface area contributed by atoms with Gasteiger partial charge in [-0.3, -0.25) is 9.88 Å². The van der Waals surface area contributed by atoms with Gasteiger partial charge < -0.3 is 10.1 Å². The fourth-order valence-electron chi connectivity index (χ4n) is 2.98. The third-order valence-corrected chi connectivity index (χ3v) is 4.07. The van der Waals surface area contributed by atoms with Gasteiger partial charge in [0.2, 0.25) is 0 Å². The molecule has 0 radical (unpaired) electrons. The van der Waals surface area contributed by atoms with Crippen molar-refractivity contribution in [1.82, 2.24) is 15.2 Å². The molecular formula is C16H27N3O. The molecule has 1 aliphatic rings. The molecule has 1 saturated heterocycles. The Bertz CT molecular complexity index is 377. The fourth-order valence-corrected chi connectivity index (χ4v) is 2.98. The summed E-state index contributed by atoms with van der Waals surface area (Å²) in [5.41, 5.74) is 1.48. The van der Waals surface area contributed by atoms with Gasteiger partial charge in [-0.2, -0.15) is 0 Å². The van der Waals surface area contributed by atoms with Crippen LogP contribution in [-0.4, -0.2) is 49.8 Å². The Morgan fingerprint density at radius 1 is 1.35 bits per heavy atom. The molecule has 1 aliphatic heterocycles. The largest absolute Gasteiger partial charge is 0.381 e. The summed E-state index contributed by atoms with van der Waals surface area (Å²) >= 11 is 0. The number of hydrogen-bond donors (Lipinski definition) is 1. The van der Waals surface area contributed by atoms with E-state index in [1.165, 1.54) is 0 Å². The molecule has 0 saturated carbocycles. The Morgan fingerprint density at radius 2 is 2.15 bits per heavy atom. The van der Waals surface area contributed by atoms with Crippen molar-refractivity contribution in [2.24, 2.45) is 5.41 Å². The number of rotatable bonds is 7. The molecule has 0 spiro atoms. The molecule has 1 aromatic heterocycles. The van der Waals surface area contributed by atoms with E-state index in [0.717, 1.165) is 57.9 Å². The van der Waals surface area contributed by atoms with Gasteiger partial charge in [0.25, 0.3) is 0 Å². The zero-order valence-corrected chi connectivity index (χ0v) is 12.8. The van der Waals surface area contributed by atoms with Crippen LogP contribution in [0.4, 0.5) is 0 Å². The molecule has 0 aromatic carbocycles. The molecule has 4 heteroatoms. The van der Waals surface area contributed by atoms with Gasteiger partial charge in [0.1, 0.15) is 0 Å². The topological polar surface area (TPSA) is 37.4 Å². The summed E-state index contributed by atoms with van der Waals surface area (Å²) in [6.07, 6.45) is 4.16. The Morgan fingerprint density at radius 3 is 2.80 bits per heavy atom. The van der Waals surface area contributed by atoms with Crippen molar-refractivity contribution in [1.29, 1.82) is 0 Å². The van der Waals surface area contributed by atoms with Crippen LogP contribution in [0, 0.1) is 5.41 Å². The number of nitrogens with zero attached hydrogens (tertiary/aromatic N) is 2. The zero-order valence-electron chi connectivity index (χ0n) is 12.8. The lowest BCUT2D eigenvalue weighted by molar-refractivity contribution is -0.00153. The predicted octanol–water partition coefficient (Wildman–Crippen LogP) is 1.92. The van der Waals surface area contributed by atoms with Crippen LogP contribution in [-0.2, 0) is 11.3 Å². The first kappa shape index (κ1) is 15.4. The van der Waals surface area contributed by atoms with E-state index in [4.69, 9.17) is 4.74 Å². The van der Waals surface area contributed by atoms with E-state index in [1.807, 2.05) is 12.3 Å². The third-order valence-electron chi connectivity index (χ3n) is 4.07. The molecule has 0 atom stereocenters. The van der Waals surface area contributed by atoms with E-state index < -0.39 is 0 Å². The fraction of sp³-hybridized carbons (Fsp3) is 0.688. The van der Waals surface area contributed by atoms with Crippen molar-refractivity contribution in [3.05, 3.63) is 30.1 Å². The van der Waals surface area contributed by atoms with Gasteiger partial charge >= 0.3 is 0 Å². The molecule has 0 aliphatic carbocycles. The van der Waals surface area contributed by atoms with Crippen molar-refractivity contribution in [2.75, 3.05) is 39.9 Å². The van der Waals surface area contributed by atoms with E-state index in [1.54, 1.807) is 0 Å². The van der Waals surface area contributed by atoms with Gasteiger partial charge in [0.05, 0.1) is 5.69 Å². The molecule has 0 bridgehead atoms. The van der Waals surface area contributed by atoms with Gasteiger partial charge in [0.15, 0.2) is 0 Å². The molecule has 0 amide bonds. The van der Waals surface area contributed by atoms with Crippen LogP contribution < -0.4 is 5.32 Å². The summed E-state index contributed by atoms with van der Waals surface area (Å²) in [7, 11) is 2.19. The van der Waals surface area contributed by atoms with Crippen LogP contribution in [0.2, 0.25) is 0 Å². The summed E-state index contributed by atoms with van der Waals surface area (Å²) in [4.78, 5) is 6.81. The second kappa shape index (κ2) is 7.72. The summed E-state index contributed by atoms with van der Waals surface area (Å²) in [5, 5.41) is 3.53. The molecule has 20 heavy (non-hydrogen) atoms. The second-order valence-electron chi connectivity index (χ2n) is 5.89. The molecule has 4 nitrogen and oxygen atoms in total. The van der Waals surface area contributed by atoms with Gasteiger partial charge in [-0.15, -0.1) is 0 Å². The molecule has 112 valence electrons. The zero-order chi connectivity index (χ0) is 14.3. The van der Waals surface area contributed by atoms with Crippen molar-refractivity contribution >= 4 is 0 Å². The highest BCUT2D eigenvalue weighted by Gasteiger charge is 2.33. The minimum absolute atomic E-state index is 0.345. The molecule has 1 aromatic rings. The SMILES string of the molecule is CCNCC1(CN(C)Cc2ccccn2)CCOCC1. The number of nitrogens with one attached hydrogen (secondary N) is 1. The molecular weight excluding hydrogens is 250 g/mol. The predicted molar refractivity (Wildman–Crippen MR) is 81.6 cm³/mol. The van der Waals surface area contributed by atoms with Crippen LogP contribution in [0.1, 0.15) is 25.5 Å². The maximum absolute atomic E-state index is 5.55. The van der Waals surface area contributed by atoms with Gasteiger partial charge in [0, 0.05) is 39.0 Å². The first-order valence-electron chi connectivity index (χ1n) is 7.61. The van der Waals surface area contributed by atoms with E-state index in [0.29, 0.717) is 5.41 Å². The molecule has 2 rings (SSSR count).